The van der Waals surface area contributed by atoms with Crippen LogP contribution < -0.4 is 11.1 Å². The van der Waals surface area contributed by atoms with Crippen LogP contribution in [0.15, 0.2) is 24.3 Å². The van der Waals surface area contributed by atoms with Gasteiger partial charge in [-0.2, -0.15) is 0 Å². The highest BCUT2D eigenvalue weighted by molar-refractivity contribution is 7.53. The van der Waals surface area contributed by atoms with E-state index in [1.165, 1.54) is 0 Å². The normalized spacial score (nSPS) is 11.4. The molecule has 5 nitrogen and oxygen atoms in total. The molecule has 0 saturated heterocycles. The zero-order valence-electron chi connectivity index (χ0n) is 10.9. The van der Waals surface area contributed by atoms with Gasteiger partial charge in [0.25, 0.3) is 0 Å². The first-order valence-electron chi connectivity index (χ1n) is 6.08. The molecule has 3 N–H and O–H groups in total. The van der Waals surface area contributed by atoms with E-state index in [-0.39, 0.29) is 0 Å². The lowest BCUT2D eigenvalue weighted by atomic mass is 10.3. The summed E-state index contributed by atoms with van der Waals surface area (Å²) in [6.45, 7) is 4.85. The Bertz CT molecular complexity index is 402. The van der Waals surface area contributed by atoms with E-state index < -0.39 is 7.60 Å². The van der Waals surface area contributed by atoms with E-state index in [1.807, 2.05) is 24.3 Å². The summed E-state index contributed by atoms with van der Waals surface area (Å²) in [5.74, 6) is 0. The summed E-state index contributed by atoms with van der Waals surface area (Å²) in [4.78, 5) is 0. The molecule has 18 heavy (non-hydrogen) atoms. The maximum Gasteiger partial charge on any atom is 0.332 e. The predicted molar refractivity (Wildman–Crippen MR) is 75.1 cm³/mol. The SMILES string of the molecule is CCOP(=O)(CCNc1ccccc1N)OCC. The van der Waals surface area contributed by atoms with Crippen LogP contribution in [0.1, 0.15) is 13.8 Å². The van der Waals surface area contributed by atoms with Crippen molar-refractivity contribution in [3.8, 4) is 0 Å². The summed E-state index contributed by atoms with van der Waals surface area (Å²) < 4.78 is 22.6. The average Bonchev–Trinajstić information content (AvgIpc) is 2.32. The van der Waals surface area contributed by atoms with Crippen LogP contribution in [0.5, 0.6) is 0 Å². The molecule has 0 aliphatic carbocycles. The van der Waals surface area contributed by atoms with E-state index in [0.717, 1.165) is 5.69 Å². The second-order valence-electron chi connectivity index (χ2n) is 3.68. The van der Waals surface area contributed by atoms with Crippen LogP contribution in [0.25, 0.3) is 0 Å². The van der Waals surface area contributed by atoms with Gasteiger partial charge in [0, 0.05) is 6.54 Å². The van der Waals surface area contributed by atoms with Gasteiger partial charge in [0.05, 0.1) is 30.8 Å². The van der Waals surface area contributed by atoms with E-state index >= 15 is 0 Å². The molecule has 0 aliphatic heterocycles. The summed E-state index contributed by atoms with van der Waals surface area (Å²) in [7, 11) is -2.97. The number of anilines is 2. The fourth-order valence-electron chi connectivity index (χ4n) is 1.55. The average molecular weight is 272 g/mol. The molecule has 0 unspecified atom stereocenters. The topological polar surface area (TPSA) is 73.6 Å². The van der Waals surface area contributed by atoms with Gasteiger partial charge in [-0.05, 0) is 26.0 Å². The van der Waals surface area contributed by atoms with Gasteiger partial charge in [0.15, 0.2) is 0 Å². The number of nitrogens with two attached hydrogens (primary N) is 1. The molecule has 0 heterocycles. The van der Waals surface area contributed by atoms with Gasteiger partial charge < -0.3 is 20.1 Å². The Morgan fingerprint density at radius 3 is 2.39 bits per heavy atom. The lowest BCUT2D eigenvalue weighted by Gasteiger charge is -2.17. The number of hydrogen-bond acceptors (Lipinski definition) is 5. The van der Waals surface area contributed by atoms with Crippen molar-refractivity contribution in [2.24, 2.45) is 0 Å². The second-order valence-corrected chi connectivity index (χ2v) is 5.87. The van der Waals surface area contributed by atoms with Crippen molar-refractivity contribution in [3.63, 3.8) is 0 Å². The van der Waals surface area contributed by atoms with Gasteiger partial charge in [-0.3, -0.25) is 4.57 Å². The molecular formula is C12H21N2O3P. The molecule has 1 aromatic carbocycles. The molecule has 0 bridgehead atoms. The smallest absolute Gasteiger partial charge is 0.332 e. The van der Waals surface area contributed by atoms with E-state index in [1.54, 1.807) is 13.8 Å². The molecule has 0 saturated carbocycles. The molecule has 6 heteroatoms. The Balaban J connectivity index is 2.49. The first-order chi connectivity index (χ1) is 8.61. The molecule has 1 aromatic rings. The van der Waals surface area contributed by atoms with Crippen LogP contribution >= 0.6 is 7.60 Å². The van der Waals surface area contributed by atoms with Crippen molar-refractivity contribution in [1.82, 2.24) is 0 Å². The Hall–Kier alpha value is -1.03. The summed E-state index contributed by atoms with van der Waals surface area (Å²) in [5.41, 5.74) is 7.29. The van der Waals surface area contributed by atoms with Crippen molar-refractivity contribution in [3.05, 3.63) is 24.3 Å². The number of nitrogen functional groups attached to an aromatic ring is 1. The number of hydrogen-bond donors (Lipinski definition) is 2. The van der Waals surface area contributed by atoms with E-state index in [9.17, 15) is 4.57 Å². The molecule has 0 fully saturated rings. The standard InChI is InChI=1S/C12H21N2O3P/c1-3-16-18(15,17-4-2)10-9-14-12-8-6-5-7-11(12)13/h5-8,14H,3-4,9-10,13H2,1-2H3. The lowest BCUT2D eigenvalue weighted by Crippen LogP contribution is -2.11. The van der Waals surface area contributed by atoms with Crippen LogP contribution in [0.4, 0.5) is 11.4 Å². The predicted octanol–water partition coefficient (Wildman–Crippen LogP) is 2.95. The number of benzene rings is 1. The van der Waals surface area contributed by atoms with Gasteiger partial charge in [0.2, 0.25) is 0 Å². The van der Waals surface area contributed by atoms with Gasteiger partial charge in [-0.25, -0.2) is 0 Å². The molecule has 0 atom stereocenters. The first-order valence-corrected chi connectivity index (χ1v) is 7.80. The van der Waals surface area contributed by atoms with Crippen LogP contribution in [0, 0.1) is 0 Å². The third-order valence-electron chi connectivity index (χ3n) is 2.31. The second kappa shape index (κ2) is 7.41. The summed E-state index contributed by atoms with van der Waals surface area (Å²) in [6.07, 6.45) is 0.322. The molecule has 0 aliphatic rings. The maximum atomic E-state index is 12.2. The fraction of sp³-hybridized carbons (Fsp3) is 0.500. The Kier molecular flexibility index (Phi) is 6.19. The number of para-hydroxylation sites is 2. The summed E-state index contributed by atoms with van der Waals surface area (Å²) in [5, 5.41) is 3.13. The Morgan fingerprint density at radius 2 is 1.83 bits per heavy atom. The maximum absolute atomic E-state index is 12.2. The third kappa shape index (κ3) is 4.69. The minimum Gasteiger partial charge on any atom is -0.397 e. The highest BCUT2D eigenvalue weighted by atomic mass is 31.2. The molecule has 0 aromatic heterocycles. The zero-order valence-corrected chi connectivity index (χ0v) is 11.8. The number of nitrogens with one attached hydrogen (secondary N) is 1. The highest BCUT2D eigenvalue weighted by Gasteiger charge is 2.22. The summed E-state index contributed by atoms with van der Waals surface area (Å²) in [6, 6.07) is 7.45. The van der Waals surface area contributed by atoms with E-state index in [2.05, 4.69) is 5.32 Å². The molecule has 1 rings (SSSR count). The first kappa shape index (κ1) is 15.0. The Labute approximate surface area is 108 Å². The van der Waals surface area contributed by atoms with Gasteiger partial charge in [0.1, 0.15) is 0 Å². The van der Waals surface area contributed by atoms with E-state index in [4.69, 9.17) is 14.8 Å². The minimum atomic E-state index is -2.97. The van der Waals surface area contributed by atoms with Crippen molar-refractivity contribution in [1.29, 1.82) is 0 Å². The van der Waals surface area contributed by atoms with Crippen LogP contribution in [0.3, 0.4) is 0 Å². The van der Waals surface area contributed by atoms with Gasteiger partial charge in [-0.15, -0.1) is 0 Å². The quantitative estimate of drug-likeness (QED) is 0.562. The highest BCUT2D eigenvalue weighted by Crippen LogP contribution is 2.47. The zero-order chi connectivity index (χ0) is 13.4. The Morgan fingerprint density at radius 1 is 1.22 bits per heavy atom. The third-order valence-corrected chi connectivity index (χ3v) is 4.39. The van der Waals surface area contributed by atoms with Crippen LogP contribution in [-0.4, -0.2) is 25.9 Å². The van der Waals surface area contributed by atoms with Crippen LogP contribution in [0.2, 0.25) is 0 Å². The molecule has 102 valence electrons. The molecule has 0 spiro atoms. The lowest BCUT2D eigenvalue weighted by molar-refractivity contribution is 0.221. The molecular weight excluding hydrogens is 251 g/mol. The molecule has 0 amide bonds. The number of rotatable bonds is 8. The summed E-state index contributed by atoms with van der Waals surface area (Å²) >= 11 is 0. The monoisotopic (exact) mass is 272 g/mol. The van der Waals surface area contributed by atoms with E-state index in [0.29, 0.717) is 31.6 Å². The van der Waals surface area contributed by atoms with Crippen molar-refractivity contribution in [2.75, 3.05) is 37.0 Å². The van der Waals surface area contributed by atoms with Gasteiger partial charge in [-0.1, -0.05) is 12.1 Å². The van der Waals surface area contributed by atoms with Crippen molar-refractivity contribution < 1.29 is 13.6 Å². The van der Waals surface area contributed by atoms with Crippen LogP contribution in [-0.2, 0) is 13.6 Å². The largest absolute Gasteiger partial charge is 0.397 e. The van der Waals surface area contributed by atoms with Crippen molar-refractivity contribution in [2.45, 2.75) is 13.8 Å². The fourth-order valence-corrected chi connectivity index (χ4v) is 3.05. The van der Waals surface area contributed by atoms with Gasteiger partial charge >= 0.3 is 7.60 Å². The van der Waals surface area contributed by atoms with Crippen molar-refractivity contribution >= 4 is 19.0 Å². The molecule has 0 radical (unpaired) electrons. The minimum absolute atomic E-state index is 0.322.